The van der Waals surface area contributed by atoms with Crippen LogP contribution in [-0.2, 0) is 0 Å². The fraction of sp³-hybridized carbons (Fsp3) is 0. The second kappa shape index (κ2) is 9.93. The Morgan fingerprint density at radius 3 is 2.49 bits per heavy atom. The third-order valence-corrected chi connectivity index (χ3v) is 6.16. The molecule has 0 aliphatic heterocycles. The monoisotopic (exact) mass is 534 g/mol. The molecule has 0 radical (unpaired) electrons. The van der Waals surface area contributed by atoms with Crippen molar-refractivity contribution in [2.45, 2.75) is 0 Å². The number of para-hydroxylation sites is 1. The fourth-order valence-electron chi connectivity index (χ4n) is 3.77. The van der Waals surface area contributed by atoms with Gasteiger partial charge in [0.05, 0.1) is 5.52 Å². The van der Waals surface area contributed by atoms with E-state index in [1.54, 1.807) is 48.5 Å². The Hall–Kier alpha value is -4.40. The average Bonchev–Trinajstić information content (AvgIpc) is 2.88. The molecule has 2 aromatic heterocycles. The Labute approximate surface area is 219 Å². The summed E-state index contributed by atoms with van der Waals surface area (Å²) in [5.74, 6) is -1.43. The molecule has 184 valence electrons. The molecule has 3 N–H and O–H groups in total. The summed E-state index contributed by atoms with van der Waals surface area (Å²) in [7, 11) is 0. The number of nitrogen functional groups attached to an aromatic ring is 1. The van der Waals surface area contributed by atoms with Gasteiger partial charge in [0, 0.05) is 34.7 Å². The maximum Gasteiger partial charge on any atom is 0.268 e. The normalized spacial score (nSPS) is 10.9. The van der Waals surface area contributed by atoms with Crippen LogP contribution in [0.4, 0.5) is 15.9 Å². The molecule has 0 atom stereocenters. The molecule has 37 heavy (non-hydrogen) atoms. The van der Waals surface area contributed by atoms with Crippen molar-refractivity contribution in [2.75, 3.05) is 11.1 Å². The van der Waals surface area contributed by atoms with Gasteiger partial charge in [0.15, 0.2) is 17.3 Å². The van der Waals surface area contributed by atoms with Gasteiger partial charge in [-0.2, -0.15) is 0 Å². The maximum atomic E-state index is 14.8. The van der Waals surface area contributed by atoms with E-state index in [1.165, 1.54) is 35.0 Å². The number of carbonyl (C=O) groups excluding carboxylic acids is 1. The second-order valence-corrected chi connectivity index (χ2v) is 8.76. The molecule has 3 aromatic carbocycles. The van der Waals surface area contributed by atoms with E-state index in [9.17, 15) is 14.0 Å². The summed E-state index contributed by atoms with van der Waals surface area (Å²) in [6.45, 7) is 0. The van der Waals surface area contributed by atoms with E-state index in [0.29, 0.717) is 21.6 Å². The number of hydrogen-bond donors (Lipinski definition) is 2. The van der Waals surface area contributed by atoms with E-state index in [-0.39, 0.29) is 33.6 Å². The van der Waals surface area contributed by atoms with Crippen molar-refractivity contribution in [3.05, 3.63) is 117 Å². The lowest BCUT2D eigenvalue weighted by molar-refractivity contribution is 0.102. The number of benzene rings is 3. The van der Waals surface area contributed by atoms with E-state index in [4.69, 9.17) is 33.7 Å². The van der Waals surface area contributed by atoms with Crippen LogP contribution in [0.5, 0.6) is 11.5 Å². The van der Waals surface area contributed by atoms with E-state index in [0.717, 1.165) is 6.07 Å². The van der Waals surface area contributed by atoms with Gasteiger partial charge in [0.1, 0.15) is 16.4 Å². The molecular weight excluding hydrogens is 518 g/mol. The van der Waals surface area contributed by atoms with Crippen molar-refractivity contribution in [2.24, 2.45) is 0 Å². The molecule has 0 fully saturated rings. The summed E-state index contributed by atoms with van der Waals surface area (Å²) in [6.07, 6.45) is 1.38. The number of nitrogens with two attached hydrogens (primary N) is 1. The lowest BCUT2D eigenvalue weighted by Gasteiger charge is -2.14. The molecule has 1 amide bonds. The number of ether oxygens (including phenoxy) is 1. The number of anilines is 2. The second-order valence-electron chi connectivity index (χ2n) is 7.94. The smallest absolute Gasteiger partial charge is 0.268 e. The molecule has 0 unspecified atom stereocenters. The first-order valence-electron chi connectivity index (χ1n) is 10.9. The van der Waals surface area contributed by atoms with Crippen LogP contribution in [0.1, 0.15) is 10.4 Å². The molecule has 0 aliphatic rings. The zero-order valence-corrected chi connectivity index (χ0v) is 20.4. The highest BCUT2D eigenvalue weighted by molar-refractivity contribution is 6.34. The van der Waals surface area contributed by atoms with Crippen molar-refractivity contribution in [1.82, 2.24) is 9.55 Å². The molecule has 0 bridgehead atoms. The highest BCUT2D eigenvalue weighted by atomic mass is 35.5. The van der Waals surface area contributed by atoms with Crippen molar-refractivity contribution in [3.63, 3.8) is 0 Å². The van der Waals surface area contributed by atoms with Gasteiger partial charge >= 0.3 is 0 Å². The molecule has 0 saturated carbocycles. The van der Waals surface area contributed by atoms with Crippen LogP contribution < -0.4 is 21.3 Å². The Balaban J connectivity index is 1.47. The number of carbonyl (C=O) groups is 1. The first-order chi connectivity index (χ1) is 17.8. The number of nitrogens with zero attached hydrogens (tertiary/aromatic N) is 2. The number of hydrogen-bond acceptors (Lipinski definition) is 5. The number of rotatable bonds is 5. The standard InChI is InChI=1S/C27H17Cl2FN4O3/c28-16-5-8-18(9-6-16)34-21-4-2-1-3-15(21)13-19(27(34)36)26(35)33-17-7-10-22(20(30)14-17)37-23-11-12-32-25(31)24(23)29/h1-14H,(H2,31,32)(H,33,35). The lowest BCUT2D eigenvalue weighted by atomic mass is 10.1. The summed E-state index contributed by atoms with van der Waals surface area (Å²) in [4.78, 5) is 30.4. The predicted molar refractivity (Wildman–Crippen MR) is 143 cm³/mol. The molecule has 0 saturated heterocycles. The van der Waals surface area contributed by atoms with Crippen molar-refractivity contribution in [3.8, 4) is 17.2 Å². The Kier molecular flexibility index (Phi) is 6.52. The van der Waals surface area contributed by atoms with E-state index >= 15 is 0 Å². The van der Waals surface area contributed by atoms with Crippen LogP contribution in [0, 0.1) is 5.82 Å². The summed E-state index contributed by atoms with van der Waals surface area (Å²) in [5, 5.41) is 3.81. The van der Waals surface area contributed by atoms with Gasteiger partial charge in [-0.1, -0.05) is 41.4 Å². The Morgan fingerprint density at radius 1 is 0.973 bits per heavy atom. The number of amides is 1. The number of halogens is 3. The molecule has 7 nitrogen and oxygen atoms in total. The molecule has 0 aliphatic carbocycles. The van der Waals surface area contributed by atoms with E-state index < -0.39 is 17.3 Å². The molecule has 5 aromatic rings. The van der Waals surface area contributed by atoms with Crippen LogP contribution in [0.2, 0.25) is 10.0 Å². The highest BCUT2D eigenvalue weighted by Crippen LogP contribution is 2.34. The van der Waals surface area contributed by atoms with Gasteiger partial charge in [-0.15, -0.1) is 0 Å². The van der Waals surface area contributed by atoms with Crippen molar-refractivity contribution < 1.29 is 13.9 Å². The van der Waals surface area contributed by atoms with E-state index in [1.807, 2.05) is 0 Å². The minimum Gasteiger partial charge on any atom is -0.453 e. The first-order valence-corrected chi connectivity index (χ1v) is 11.7. The molecule has 2 heterocycles. The van der Waals surface area contributed by atoms with Crippen LogP contribution in [0.15, 0.2) is 89.9 Å². The summed E-state index contributed by atoms with van der Waals surface area (Å²) >= 11 is 12.1. The number of fused-ring (bicyclic) bond motifs is 1. The zero-order chi connectivity index (χ0) is 26.1. The fourth-order valence-corrected chi connectivity index (χ4v) is 4.04. The van der Waals surface area contributed by atoms with Gasteiger partial charge in [0.2, 0.25) is 0 Å². The van der Waals surface area contributed by atoms with Crippen molar-refractivity contribution >= 4 is 51.5 Å². The van der Waals surface area contributed by atoms with Crippen LogP contribution in [0.25, 0.3) is 16.6 Å². The molecule has 10 heteroatoms. The van der Waals surface area contributed by atoms with Crippen LogP contribution in [0.3, 0.4) is 0 Å². The van der Waals surface area contributed by atoms with Gasteiger partial charge in [-0.3, -0.25) is 14.2 Å². The third kappa shape index (κ3) is 4.84. The van der Waals surface area contributed by atoms with E-state index in [2.05, 4.69) is 10.3 Å². The Morgan fingerprint density at radius 2 is 1.73 bits per heavy atom. The molecule has 0 spiro atoms. The Bertz CT molecular complexity index is 1720. The average molecular weight is 535 g/mol. The number of pyridine rings is 2. The minimum absolute atomic E-state index is 0.0445. The summed E-state index contributed by atoms with van der Waals surface area (Å²) in [6, 6.07) is 20.7. The number of aromatic nitrogens is 2. The maximum absolute atomic E-state index is 14.8. The molecule has 5 rings (SSSR count). The van der Waals surface area contributed by atoms with Gasteiger partial charge in [-0.25, -0.2) is 9.37 Å². The van der Waals surface area contributed by atoms with Crippen molar-refractivity contribution in [1.29, 1.82) is 0 Å². The third-order valence-electron chi connectivity index (χ3n) is 5.53. The predicted octanol–water partition coefficient (Wildman–Crippen LogP) is 6.46. The largest absolute Gasteiger partial charge is 0.453 e. The SMILES string of the molecule is Nc1nccc(Oc2ccc(NC(=O)c3cc4ccccc4n(-c4ccc(Cl)cc4)c3=O)cc2F)c1Cl. The minimum atomic E-state index is -0.763. The topological polar surface area (TPSA) is 99.2 Å². The van der Waals surface area contributed by atoms with Crippen LogP contribution >= 0.6 is 23.2 Å². The first kappa shape index (κ1) is 24.3. The summed E-state index contributed by atoms with van der Waals surface area (Å²) in [5.41, 5.74) is 6.29. The van der Waals surface area contributed by atoms with Gasteiger partial charge in [0.25, 0.3) is 11.5 Å². The zero-order valence-electron chi connectivity index (χ0n) is 18.9. The quantitative estimate of drug-likeness (QED) is 0.269. The molecular formula is C27H17Cl2FN4O3. The summed E-state index contributed by atoms with van der Waals surface area (Å²) < 4.78 is 21.7. The van der Waals surface area contributed by atoms with Gasteiger partial charge in [-0.05, 0) is 53.9 Å². The highest BCUT2D eigenvalue weighted by Gasteiger charge is 2.18. The lowest BCUT2D eigenvalue weighted by Crippen LogP contribution is -2.28. The van der Waals surface area contributed by atoms with Gasteiger partial charge < -0.3 is 15.8 Å². The van der Waals surface area contributed by atoms with Crippen LogP contribution in [-0.4, -0.2) is 15.5 Å². The number of nitrogens with one attached hydrogen (secondary N) is 1.